The molecule has 1 heterocycles. The molecule has 0 aliphatic carbocycles. The van der Waals surface area contributed by atoms with Gasteiger partial charge >= 0.3 is 5.90 Å². The first kappa shape index (κ1) is 7.58. The third kappa shape index (κ3) is 1.72. The molecule has 0 saturated carbocycles. The summed E-state index contributed by atoms with van der Waals surface area (Å²) in [5, 5.41) is 9.28. The van der Waals surface area contributed by atoms with Crippen molar-refractivity contribution >= 4 is 5.90 Å². The maximum atomic E-state index is 9.28. The van der Waals surface area contributed by atoms with Gasteiger partial charge in [-0.1, -0.05) is 13.8 Å². The minimum atomic E-state index is 0.591. The molecule has 0 spiro atoms. The Morgan fingerprint density at radius 1 is 1.60 bits per heavy atom. The molecule has 0 saturated heterocycles. The maximum absolute atomic E-state index is 9.28. The van der Waals surface area contributed by atoms with E-state index in [0.717, 1.165) is 25.9 Å². The van der Waals surface area contributed by atoms with Crippen LogP contribution in [0.25, 0.3) is 0 Å². The van der Waals surface area contributed by atoms with Crippen LogP contribution >= 0.6 is 0 Å². The molecule has 0 aromatic rings. The molecule has 0 aromatic heterocycles. The van der Waals surface area contributed by atoms with Crippen LogP contribution in [0.2, 0.25) is 0 Å². The van der Waals surface area contributed by atoms with Crippen LogP contribution in [-0.2, 0) is 0 Å². The van der Waals surface area contributed by atoms with E-state index in [4.69, 9.17) is 0 Å². The molecule has 0 atom stereocenters. The van der Waals surface area contributed by atoms with E-state index < -0.39 is 0 Å². The lowest BCUT2D eigenvalue weighted by Crippen LogP contribution is -2.19. The number of rotatable bonds is 2. The predicted octanol–water partition coefficient (Wildman–Crippen LogP) is 1.41. The maximum Gasteiger partial charge on any atom is 0.334 e. The highest BCUT2D eigenvalue weighted by Crippen LogP contribution is 2.04. The Morgan fingerprint density at radius 3 is 2.70 bits per heavy atom. The van der Waals surface area contributed by atoms with Gasteiger partial charge in [-0.3, -0.25) is 0 Å². The van der Waals surface area contributed by atoms with Crippen molar-refractivity contribution in [2.75, 3.05) is 13.1 Å². The lowest BCUT2D eigenvalue weighted by Gasteiger charge is -2.00. The molecule has 1 rings (SSSR count). The van der Waals surface area contributed by atoms with Crippen LogP contribution in [0.4, 0.5) is 0 Å². The first-order valence-corrected chi connectivity index (χ1v) is 4.00. The zero-order valence-electron chi connectivity index (χ0n) is 6.80. The van der Waals surface area contributed by atoms with Gasteiger partial charge in [-0.25, -0.2) is 4.58 Å². The highest BCUT2D eigenvalue weighted by molar-refractivity contribution is 5.69. The van der Waals surface area contributed by atoms with E-state index >= 15 is 0 Å². The van der Waals surface area contributed by atoms with Crippen LogP contribution in [0.3, 0.4) is 0 Å². The van der Waals surface area contributed by atoms with Crippen molar-refractivity contribution in [1.29, 1.82) is 0 Å². The third-order valence-electron chi connectivity index (χ3n) is 1.78. The van der Waals surface area contributed by atoms with Crippen LogP contribution in [0.15, 0.2) is 0 Å². The van der Waals surface area contributed by atoms with Gasteiger partial charge in [0.1, 0.15) is 13.1 Å². The van der Waals surface area contributed by atoms with Crippen LogP contribution in [-0.4, -0.2) is 28.7 Å². The zero-order valence-corrected chi connectivity index (χ0v) is 6.80. The average molecular weight is 142 g/mol. The quantitative estimate of drug-likeness (QED) is 0.579. The molecular formula is C8H16NO+. The molecule has 2 nitrogen and oxygen atoms in total. The molecule has 0 amide bonds. The van der Waals surface area contributed by atoms with Gasteiger partial charge in [0.15, 0.2) is 0 Å². The van der Waals surface area contributed by atoms with Crippen LogP contribution in [0.5, 0.6) is 0 Å². The minimum absolute atomic E-state index is 0.591. The van der Waals surface area contributed by atoms with Gasteiger partial charge in [0.25, 0.3) is 0 Å². The van der Waals surface area contributed by atoms with Crippen molar-refractivity contribution in [2.24, 2.45) is 5.92 Å². The Kier molecular flexibility index (Phi) is 2.30. The van der Waals surface area contributed by atoms with E-state index in [1.54, 1.807) is 0 Å². The largest absolute Gasteiger partial charge is 0.464 e. The monoisotopic (exact) mass is 142 g/mol. The summed E-state index contributed by atoms with van der Waals surface area (Å²) in [6.07, 6.45) is 2.01. The lowest BCUT2D eigenvalue weighted by atomic mass is 10.2. The second kappa shape index (κ2) is 3.04. The topological polar surface area (TPSA) is 23.2 Å². The van der Waals surface area contributed by atoms with Gasteiger partial charge in [-0.15, -0.1) is 0 Å². The normalized spacial score (nSPS) is 19.1. The predicted molar refractivity (Wildman–Crippen MR) is 41.7 cm³/mol. The van der Waals surface area contributed by atoms with Crippen molar-refractivity contribution in [3.8, 4) is 0 Å². The summed E-state index contributed by atoms with van der Waals surface area (Å²) in [7, 11) is 0. The minimum Gasteiger partial charge on any atom is -0.464 e. The molecular weight excluding hydrogens is 126 g/mol. The van der Waals surface area contributed by atoms with E-state index in [1.807, 2.05) is 0 Å². The van der Waals surface area contributed by atoms with E-state index in [0.29, 0.717) is 11.8 Å². The van der Waals surface area contributed by atoms with Crippen LogP contribution in [0, 0.1) is 5.92 Å². The first-order valence-electron chi connectivity index (χ1n) is 4.00. The van der Waals surface area contributed by atoms with Gasteiger partial charge in [0.05, 0.1) is 6.42 Å². The van der Waals surface area contributed by atoms with Crippen molar-refractivity contribution in [2.45, 2.75) is 26.7 Å². The van der Waals surface area contributed by atoms with E-state index in [-0.39, 0.29) is 0 Å². The summed E-state index contributed by atoms with van der Waals surface area (Å²) in [5.74, 6) is 1.24. The molecule has 1 N–H and O–H groups in total. The van der Waals surface area contributed by atoms with Gasteiger partial charge in [0, 0.05) is 12.3 Å². The molecule has 0 bridgehead atoms. The van der Waals surface area contributed by atoms with Crippen LogP contribution < -0.4 is 0 Å². The fourth-order valence-electron chi connectivity index (χ4n) is 1.35. The Balaban J connectivity index is 2.46. The second-order valence-corrected chi connectivity index (χ2v) is 3.36. The van der Waals surface area contributed by atoms with E-state index in [1.165, 1.54) is 0 Å². The Bertz CT molecular complexity index is 149. The van der Waals surface area contributed by atoms with Gasteiger partial charge < -0.3 is 5.11 Å². The number of hydrogen-bond donors (Lipinski definition) is 1. The SMILES string of the molecule is CC(C)C[N+]1=C(O)CCC1. The highest BCUT2D eigenvalue weighted by Gasteiger charge is 2.21. The summed E-state index contributed by atoms with van der Waals surface area (Å²) in [5.41, 5.74) is 0. The van der Waals surface area contributed by atoms with Crippen molar-refractivity contribution in [3.05, 3.63) is 0 Å². The summed E-state index contributed by atoms with van der Waals surface area (Å²) < 4.78 is 2.07. The fourth-order valence-corrected chi connectivity index (χ4v) is 1.35. The van der Waals surface area contributed by atoms with E-state index in [2.05, 4.69) is 18.4 Å². The second-order valence-electron chi connectivity index (χ2n) is 3.36. The molecule has 10 heavy (non-hydrogen) atoms. The summed E-state index contributed by atoms with van der Waals surface area (Å²) >= 11 is 0. The summed E-state index contributed by atoms with van der Waals surface area (Å²) in [4.78, 5) is 0. The molecule has 0 unspecified atom stereocenters. The molecule has 0 radical (unpaired) electrons. The van der Waals surface area contributed by atoms with Crippen LogP contribution in [0.1, 0.15) is 26.7 Å². The lowest BCUT2D eigenvalue weighted by molar-refractivity contribution is -0.532. The fraction of sp³-hybridized carbons (Fsp3) is 0.875. The summed E-state index contributed by atoms with van der Waals surface area (Å²) in [6.45, 7) is 6.40. The van der Waals surface area contributed by atoms with Crippen molar-refractivity contribution in [3.63, 3.8) is 0 Å². The Labute approximate surface area is 62.2 Å². The standard InChI is InChI=1S/C8H15NO/c1-7(2)6-9-5-3-4-8(9)10/h7H,3-6H2,1-2H3/p+1. The molecule has 1 aliphatic rings. The number of hydrogen-bond acceptors (Lipinski definition) is 0. The number of nitrogens with zero attached hydrogens (tertiary/aromatic N) is 1. The first-order chi connectivity index (χ1) is 4.70. The highest BCUT2D eigenvalue weighted by atomic mass is 16.3. The van der Waals surface area contributed by atoms with E-state index in [9.17, 15) is 5.11 Å². The van der Waals surface area contributed by atoms with Gasteiger partial charge in [-0.2, -0.15) is 0 Å². The van der Waals surface area contributed by atoms with Gasteiger partial charge in [0.2, 0.25) is 0 Å². The number of aliphatic hydroxyl groups excluding tert-OH is 1. The molecule has 58 valence electrons. The Hall–Kier alpha value is -0.530. The summed E-state index contributed by atoms with van der Waals surface area (Å²) in [6, 6.07) is 0. The van der Waals surface area contributed by atoms with Gasteiger partial charge in [-0.05, 0) is 0 Å². The smallest absolute Gasteiger partial charge is 0.334 e. The molecule has 2 heteroatoms. The third-order valence-corrected chi connectivity index (χ3v) is 1.78. The zero-order chi connectivity index (χ0) is 7.56. The molecule has 0 aromatic carbocycles. The van der Waals surface area contributed by atoms with Crippen molar-refractivity contribution < 1.29 is 9.68 Å². The average Bonchev–Trinajstić information content (AvgIpc) is 2.15. The van der Waals surface area contributed by atoms with Crippen molar-refractivity contribution in [1.82, 2.24) is 0 Å². The molecule has 0 fully saturated rings. The number of aliphatic hydroxyl groups is 1. The molecule has 1 aliphatic heterocycles. The Morgan fingerprint density at radius 2 is 2.30 bits per heavy atom.